The van der Waals surface area contributed by atoms with Crippen molar-refractivity contribution in [1.29, 1.82) is 0 Å². The second-order valence-corrected chi connectivity index (χ2v) is 3.63. The summed E-state index contributed by atoms with van der Waals surface area (Å²) in [7, 11) is 0. The molecule has 5 heteroatoms. The van der Waals surface area contributed by atoms with Crippen LogP contribution in [0.2, 0.25) is 0 Å². The molecule has 1 fully saturated rings. The molecule has 1 unspecified atom stereocenters. The molecule has 1 aliphatic rings. The Kier molecular flexibility index (Phi) is 4.80. The summed E-state index contributed by atoms with van der Waals surface area (Å²) in [5.74, 6) is 1.46. The standard InChI is InChI=1S/C11H15NO4/c1-2-3-4-10(13)12-5-6-16-9(8-12)7-11(14)15/h1,9H,3-8H2,(H,14,15). The molecule has 0 saturated carbocycles. The molecular formula is C11H15NO4. The smallest absolute Gasteiger partial charge is 0.306 e. The maximum Gasteiger partial charge on any atom is 0.306 e. The van der Waals surface area contributed by atoms with Crippen molar-refractivity contribution in [3.63, 3.8) is 0 Å². The molecule has 0 bridgehead atoms. The van der Waals surface area contributed by atoms with E-state index in [9.17, 15) is 9.59 Å². The van der Waals surface area contributed by atoms with Gasteiger partial charge in [-0.25, -0.2) is 0 Å². The quantitative estimate of drug-likeness (QED) is 0.689. The van der Waals surface area contributed by atoms with Gasteiger partial charge in [0.25, 0.3) is 0 Å². The van der Waals surface area contributed by atoms with Gasteiger partial charge in [-0.1, -0.05) is 0 Å². The van der Waals surface area contributed by atoms with Gasteiger partial charge in [-0.05, 0) is 0 Å². The van der Waals surface area contributed by atoms with E-state index in [1.165, 1.54) is 0 Å². The van der Waals surface area contributed by atoms with Crippen molar-refractivity contribution in [2.45, 2.75) is 25.4 Å². The highest BCUT2D eigenvalue weighted by atomic mass is 16.5. The number of morpholine rings is 1. The average Bonchev–Trinajstić information content (AvgIpc) is 2.25. The molecule has 0 aliphatic carbocycles. The number of carboxylic acids is 1. The first-order valence-electron chi connectivity index (χ1n) is 5.18. The second kappa shape index (κ2) is 6.13. The zero-order valence-electron chi connectivity index (χ0n) is 9.02. The van der Waals surface area contributed by atoms with E-state index >= 15 is 0 Å². The van der Waals surface area contributed by atoms with Crippen molar-refractivity contribution in [3.05, 3.63) is 0 Å². The summed E-state index contributed by atoms with van der Waals surface area (Å²) in [4.78, 5) is 23.7. The van der Waals surface area contributed by atoms with Gasteiger partial charge >= 0.3 is 5.97 Å². The molecule has 0 spiro atoms. The van der Waals surface area contributed by atoms with E-state index in [1.54, 1.807) is 4.90 Å². The van der Waals surface area contributed by atoms with Gasteiger partial charge in [0.15, 0.2) is 0 Å². The maximum absolute atomic E-state index is 11.6. The molecule has 1 saturated heterocycles. The van der Waals surface area contributed by atoms with Crippen molar-refractivity contribution in [2.24, 2.45) is 0 Å². The lowest BCUT2D eigenvalue weighted by Gasteiger charge is -2.32. The van der Waals surface area contributed by atoms with Crippen LogP contribution in [-0.4, -0.2) is 47.7 Å². The molecule has 88 valence electrons. The van der Waals surface area contributed by atoms with Crippen molar-refractivity contribution >= 4 is 11.9 Å². The van der Waals surface area contributed by atoms with Gasteiger partial charge in [0.2, 0.25) is 5.91 Å². The van der Waals surface area contributed by atoms with Gasteiger partial charge in [0, 0.05) is 25.9 Å². The predicted octanol–water partition coefficient (Wildman–Crippen LogP) is 0.102. The number of carboxylic acid groups (broad SMARTS) is 1. The van der Waals surface area contributed by atoms with Crippen LogP contribution in [-0.2, 0) is 14.3 Å². The van der Waals surface area contributed by atoms with Crippen LogP contribution in [0.15, 0.2) is 0 Å². The predicted molar refractivity (Wildman–Crippen MR) is 56.6 cm³/mol. The van der Waals surface area contributed by atoms with E-state index in [1.807, 2.05) is 0 Å². The summed E-state index contributed by atoms with van der Waals surface area (Å²) in [6.45, 7) is 1.25. The Balaban J connectivity index is 2.41. The highest BCUT2D eigenvalue weighted by molar-refractivity contribution is 5.76. The van der Waals surface area contributed by atoms with Crippen molar-refractivity contribution in [2.75, 3.05) is 19.7 Å². The lowest BCUT2D eigenvalue weighted by Crippen LogP contribution is -2.46. The fourth-order valence-electron chi connectivity index (χ4n) is 1.60. The molecule has 0 aromatic carbocycles. The van der Waals surface area contributed by atoms with E-state index in [0.717, 1.165) is 0 Å². The number of hydrogen-bond donors (Lipinski definition) is 1. The fraction of sp³-hybridized carbons (Fsp3) is 0.636. The van der Waals surface area contributed by atoms with E-state index in [0.29, 0.717) is 32.5 Å². The summed E-state index contributed by atoms with van der Waals surface area (Å²) >= 11 is 0. The Labute approximate surface area is 94.4 Å². The summed E-state index contributed by atoms with van der Waals surface area (Å²) in [5, 5.41) is 8.62. The number of carbonyl (C=O) groups excluding carboxylic acids is 1. The third-order valence-electron chi connectivity index (χ3n) is 2.38. The highest BCUT2D eigenvalue weighted by Crippen LogP contribution is 2.10. The topological polar surface area (TPSA) is 66.8 Å². The second-order valence-electron chi connectivity index (χ2n) is 3.63. The van der Waals surface area contributed by atoms with E-state index in [2.05, 4.69) is 5.92 Å². The minimum Gasteiger partial charge on any atom is -0.481 e. The van der Waals surface area contributed by atoms with Crippen LogP contribution in [0.4, 0.5) is 0 Å². The molecule has 0 aromatic heterocycles. The Morgan fingerprint density at radius 3 is 2.94 bits per heavy atom. The molecule has 1 N–H and O–H groups in total. The number of rotatable bonds is 4. The van der Waals surface area contributed by atoms with Crippen molar-refractivity contribution in [3.8, 4) is 12.3 Å². The molecule has 0 aromatic rings. The van der Waals surface area contributed by atoms with Gasteiger partial charge < -0.3 is 14.7 Å². The summed E-state index contributed by atoms with van der Waals surface area (Å²) in [6.07, 6.45) is 5.34. The number of amides is 1. The molecule has 1 rings (SSSR count). The number of hydrogen-bond acceptors (Lipinski definition) is 3. The van der Waals surface area contributed by atoms with Gasteiger partial charge in [0.1, 0.15) is 0 Å². The Morgan fingerprint density at radius 2 is 2.31 bits per heavy atom. The van der Waals surface area contributed by atoms with Gasteiger partial charge in [-0.15, -0.1) is 12.3 Å². The zero-order chi connectivity index (χ0) is 12.0. The third-order valence-corrected chi connectivity index (χ3v) is 2.38. The molecule has 16 heavy (non-hydrogen) atoms. The normalized spacial score (nSPS) is 20.2. The summed E-state index contributed by atoms with van der Waals surface area (Å²) < 4.78 is 5.26. The summed E-state index contributed by atoms with van der Waals surface area (Å²) in [6, 6.07) is 0. The van der Waals surface area contributed by atoms with Crippen LogP contribution < -0.4 is 0 Å². The van der Waals surface area contributed by atoms with Crippen LogP contribution in [0.1, 0.15) is 19.3 Å². The largest absolute Gasteiger partial charge is 0.481 e. The summed E-state index contributed by atoms with van der Waals surface area (Å²) in [5.41, 5.74) is 0. The number of carbonyl (C=O) groups is 2. The van der Waals surface area contributed by atoms with Crippen LogP contribution in [0.25, 0.3) is 0 Å². The first-order valence-corrected chi connectivity index (χ1v) is 5.18. The molecule has 1 amide bonds. The van der Waals surface area contributed by atoms with E-state index in [4.69, 9.17) is 16.3 Å². The Bertz CT molecular complexity index is 308. The SMILES string of the molecule is C#CCCC(=O)N1CCOC(CC(=O)O)C1. The van der Waals surface area contributed by atoms with Gasteiger partial charge in [-0.2, -0.15) is 0 Å². The van der Waals surface area contributed by atoms with Crippen molar-refractivity contribution in [1.82, 2.24) is 4.90 Å². The number of nitrogens with zero attached hydrogens (tertiary/aromatic N) is 1. The van der Waals surface area contributed by atoms with Crippen LogP contribution in [0.3, 0.4) is 0 Å². The first kappa shape index (κ1) is 12.5. The minimum atomic E-state index is -0.914. The molecule has 1 heterocycles. The lowest BCUT2D eigenvalue weighted by atomic mass is 10.2. The number of terminal acetylenes is 1. The zero-order valence-corrected chi connectivity index (χ0v) is 9.02. The molecular weight excluding hydrogens is 210 g/mol. The number of ether oxygens (including phenoxy) is 1. The van der Waals surface area contributed by atoms with E-state index in [-0.39, 0.29) is 12.3 Å². The van der Waals surface area contributed by atoms with Gasteiger partial charge in [-0.3, -0.25) is 9.59 Å². The Morgan fingerprint density at radius 1 is 1.56 bits per heavy atom. The first-order chi connectivity index (χ1) is 7.63. The lowest BCUT2D eigenvalue weighted by molar-refractivity contribution is -0.147. The minimum absolute atomic E-state index is 0.0309. The monoisotopic (exact) mass is 225 g/mol. The molecule has 1 atom stereocenters. The number of aliphatic carboxylic acids is 1. The average molecular weight is 225 g/mol. The maximum atomic E-state index is 11.6. The van der Waals surface area contributed by atoms with Crippen LogP contribution in [0, 0.1) is 12.3 Å². The molecule has 0 radical (unpaired) electrons. The fourth-order valence-corrected chi connectivity index (χ4v) is 1.60. The molecule has 1 aliphatic heterocycles. The highest BCUT2D eigenvalue weighted by Gasteiger charge is 2.25. The molecule has 5 nitrogen and oxygen atoms in total. The van der Waals surface area contributed by atoms with Gasteiger partial charge in [0.05, 0.1) is 19.1 Å². The van der Waals surface area contributed by atoms with E-state index < -0.39 is 12.1 Å². The van der Waals surface area contributed by atoms with Crippen LogP contribution >= 0.6 is 0 Å². The van der Waals surface area contributed by atoms with Crippen LogP contribution in [0.5, 0.6) is 0 Å². The third kappa shape index (κ3) is 3.91. The Hall–Kier alpha value is -1.54. The van der Waals surface area contributed by atoms with Crippen molar-refractivity contribution < 1.29 is 19.4 Å².